The zero-order chi connectivity index (χ0) is 18.0. The lowest BCUT2D eigenvalue weighted by atomic mass is 9.78. The molecule has 6 heteroatoms. The number of ether oxygens (including phenoxy) is 2. The maximum Gasteiger partial charge on any atom is 0.348 e. The highest BCUT2D eigenvalue weighted by Crippen LogP contribution is 2.39. The van der Waals surface area contributed by atoms with E-state index < -0.39 is 23.4 Å². The lowest BCUT2D eigenvalue weighted by Crippen LogP contribution is -2.54. The van der Waals surface area contributed by atoms with Crippen LogP contribution in [0.15, 0.2) is 48.5 Å². The molecule has 0 bridgehead atoms. The molecule has 1 aliphatic heterocycles. The molecule has 2 aromatic carbocycles. The van der Waals surface area contributed by atoms with Gasteiger partial charge < -0.3 is 19.9 Å². The van der Waals surface area contributed by atoms with Crippen LogP contribution in [-0.2, 0) is 20.7 Å². The van der Waals surface area contributed by atoms with Gasteiger partial charge in [-0.1, -0.05) is 30.3 Å². The molecule has 1 amide bonds. The van der Waals surface area contributed by atoms with Crippen LogP contribution in [0.4, 0.5) is 5.69 Å². The fourth-order valence-electron chi connectivity index (χ4n) is 3.15. The van der Waals surface area contributed by atoms with Gasteiger partial charge >= 0.3 is 5.97 Å². The molecule has 1 heterocycles. The van der Waals surface area contributed by atoms with Crippen molar-refractivity contribution in [3.63, 3.8) is 0 Å². The third kappa shape index (κ3) is 2.85. The summed E-state index contributed by atoms with van der Waals surface area (Å²) in [6, 6.07) is 14.1. The Kier molecular flexibility index (Phi) is 4.46. The van der Waals surface area contributed by atoms with E-state index >= 15 is 0 Å². The minimum atomic E-state index is -2.33. The monoisotopic (exact) mass is 341 g/mol. The van der Waals surface area contributed by atoms with Crippen LogP contribution in [0.25, 0.3) is 0 Å². The second-order valence-electron chi connectivity index (χ2n) is 5.90. The fourth-order valence-corrected chi connectivity index (χ4v) is 3.15. The number of nitrogens with one attached hydrogen (secondary N) is 1. The molecule has 0 aromatic heterocycles. The Hall–Kier alpha value is -2.86. The van der Waals surface area contributed by atoms with Crippen LogP contribution < -0.4 is 10.1 Å². The van der Waals surface area contributed by atoms with Crippen molar-refractivity contribution in [1.29, 1.82) is 0 Å². The largest absolute Gasteiger partial charge is 0.497 e. The molecule has 0 aliphatic carbocycles. The third-order valence-corrected chi connectivity index (χ3v) is 4.55. The van der Waals surface area contributed by atoms with Crippen LogP contribution in [0.3, 0.4) is 0 Å². The van der Waals surface area contributed by atoms with Crippen molar-refractivity contribution in [2.45, 2.75) is 17.9 Å². The van der Waals surface area contributed by atoms with E-state index in [9.17, 15) is 14.7 Å². The molecule has 0 saturated carbocycles. The molecule has 3 rings (SSSR count). The third-order valence-electron chi connectivity index (χ3n) is 4.55. The van der Waals surface area contributed by atoms with Crippen molar-refractivity contribution in [3.05, 3.63) is 59.7 Å². The van der Waals surface area contributed by atoms with Gasteiger partial charge in [0.05, 0.1) is 14.2 Å². The van der Waals surface area contributed by atoms with Crippen LogP contribution in [0.1, 0.15) is 17.0 Å². The molecular formula is C19H19NO5. The van der Waals surface area contributed by atoms with E-state index in [2.05, 4.69) is 5.32 Å². The Morgan fingerprint density at radius 1 is 1.16 bits per heavy atom. The number of methoxy groups -OCH3 is 2. The van der Waals surface area contributed by atoms with Gasteiger partial charge in [-0.15, -0.1) is 0 Å². The first kappa shape index (κ1) is 17.0. The summed E-state index contributed by atoms with van der Waals surface area (Å²) in [4.78, 5) is 25.1. The fraction of sp³-hybridized carbons (Fsp3) is 0.263. The number of fused-ring (bicyclic) bond motifs is 1. The average Bonchev–Trinajstić information content (AvgIpc) is 2.76. The molecule has 0 fully saturated rings. The van der Waals surface area contributed by atoms with Crippen molar-refractivity contribution in [1.82, 2.24) is 0 Å². The van der Waals surface area contributed by atoms with Gasteiger partial charge in [-0.3, -0.25) is 4.79 Å². The second kappa shape index (κ2) is 6.57. The van der Waals surface area contributed by atoms with E-state index in [-0.39, 0.29) is 0 Å². The van der Waals surface area contributed by atoms with Crippen LogP contribution in [0, 0.1) is 0 Å². The molecule has 130 valence electrons. The summed E-state index contributed by atoms with van der Waals surface area (Å²) < 4.78 is 9.89. The molecular weight excluding hydrogens is 322 g/mol. The number of para-hydroxylation sites is 1. The Morgan fingerprint density at radius 2 is 1.84 bits per heavy atom. The summed E-state index contributed by atoms with van der Waals surface area (Å²) in [5.41, 5.74) is -0.287. The second-order valence-corrected chi connectivity index (χ2v) is 5.90. The van der Waals surface area contributed by atoms with Gasteiger partial charge in [0.2, 0.25) is 5.60 Å². The molecule has 1 aliphatic rings. The molecule has 2 unspecified atom stereocenters. The molecule has 0 spiro atoms. The molecule has 0 saturated heterocycles. The van der Waals surface area contributed by atoms with Crippen LogP contribution in [0.2, 0.25) is 0 Å². The van der Waals surface area contributed by atoms with Crippen LogP contribution in [0.5, 0.6) is 5.75 Å². The number of amides is 1. The first-order valence-corrected chi connectivity index (χ1v) is 7.84. The van der Waals surface area contributed by atoms with Crippen molar-refractivity contribution in [2.75, 3.05) is 19.5 Å². The van der Waals surface area contributed by atoms with E-state index in [0.717, 1.165) is 12.7 Å². The first-order valence-electron chi connectivity index (χ1n) is 7.84. The van der Waals surface area contributed by atoms with Gasteiger partial charge in [0, 0.05) is 11.6 Å². The summed E-state index contributed by atoms with van der Waals surface area (Å²) in [6.45, 7) is 0. The number of hydrogen-bond acceptors (Lipinski definition) is 5. The maximum absolute atomic E-state index is 12.7. The molecule has 25 heavy (non-hydrogen) atoms. The number of carbonyl (C=O) groups is 2. The predicted octanol–water partition coefficient (Wildman–Crippen LogP) is 1.88. The smallest absolute Gasteiger partial charge is 0.348 e. The molecule has 6 nitrogen and oxygen atoms in total. The molecule has 0 radical (unpaired) electrons. The number of anilines is 1. The normalized spacial score (nSPS) is 22.4. The van der Waals surface area contributed by atoms with E-state index in [0.29, 0.717) is 23.4 Å². The number of aliphatic hydroxyl groups is 1. The maximum atomic E-state index is 12.7. The number of benzene rings is 2. The minimum Gasteiger partial charge on any atom is -0.497 e. The average molecular weight is 341 g/mol. The predicted molar refractivity (Wildman–Crippen MR) is 91.5 cm³/mol. The number of carbonyl (C=O) groups excluding carboxylic acids is 2. The van der Waals surface area contributed by atoms with E-state index in [1.807, 2.05) is 12.1 Å². The van der Waals surface area contributed by atoms with E-state index in [4.69, 9.17) is 9.47 Å². The zero-order valence-corrected chi connectivity index (χ0v) is 14.0. The van der Waals surface area contributed by atoms with Crippen LogP contribution >= 0.6 is 0 Å². The van der Waals surface area contributed by atoms with E-state index in [1.165, 1.54) is 0 Å². The Bertz CT molecular complexity index is 802. The highest BCUT2D eigenvalue weighted by molar-refractivity contribution is 6.13. The van der Waals surface area contributed by atoms with E-state index in [1.54, 1.807) is 43.5 Å². The number of rotatable bonds is 3. The highest BCUT2D eigenvalue weighted by atomic mass is 16.5. The van der Waals surface area contributed by atoms with Crippen molar-refractivity contribution in [3.8, 4) is 5.75 Å². The number of esters is 1. The van der Waals surface area contributed by atoms with Gasteiger partial charge in [0.25, 0.3) is 5.91 Å². The van der Waals surface area contributed by atoms with Crippen molar-refractivity contribution in [2.24, 2.45) is 0 Å². The van der Waals surface area contributed by atoms with Gasteiger partial charge in [-0.25, -0.2) is 4.79 Å². The van der Waals surface area contributed by atoms with Crippen molar-refractivity contribution < 1.29 is 24.2 Å². The van der Waals surface area contributed by atoms with Gasteiger partial charge in [0.15, 0.2) is 0 Å². The summed E-state index contributed by atoms with van der Waals surface area (Å²) in [6.07, 6.45) is 0.298. The summed E-state index contributed by atoms with van der Waals surface area (Å²) in [5, 5.41) is 13.7. The van der Waals surface area contributed by atoms with Crippen LogP contribution in [-0.4, -0.2) is 36.8 Å². The number of hydrogen-bond donors (Lipinski definition) is 2. The van der Waals surface area contributed by atoms with Gasteiger partial charge in [0.1, 0.15) is 5.75 Å². The summed E-state index contributed by atoms with van der Waals surface area (Å²) >= 11 is 0. The molecule has 2 N–H and O–H groups in total. The Balaban J connectivity index is 2.14. The minimum absolute atomic E-state index is 0.298. The lowest BCUT2D eigenvalue weighted by Gasteiger charge is -2.30. The topological polar surface area (TPSA) is 84.9 Å². The quantitative estimate of drug-likeness (QED) is 0.658. The highest BCUT2D eigenvalue weighted by Gasteiger charge is 2.54. The molecule has 2 atom stereocenters. The SMILES string of the molecule is COC(=O)C1(O)C(=O)Nc2ccccc2CC1c1ccc(OC)cc1. The van der Waals surface area contributed by atoms with Gasteiger partial charge in [-0.2, -0.15) is 0 Å². The summed E-state index contributed by atoms with van der Waals surface area (Å²) in [7, 11) is 2.70. The Morgan fingerprint density at radius 3 is 2.48 bits per heavy atom. The Labute approximate surface area is 145 Å². The standard InChI is InChI=1S/C19H19NO5/c1-24-14-9-7-12(8-10-14)15-11-13-5-3-4-6-16(13)20-17(21)19(15,23)18(22)25-2/h3-10,15,23H,11H2,1-2H3,(H,20,21). The van der Waals surface area contributed by atoms with Gasteiger partial charge in [-0.05, 0) is 35.7 Å². The summed E-state index contributed by atoms with van der Waals surface area (Å²) in [5.74, 6) is -1.94. The first-order chi connectivity index (χ1) is 12.0. The zero-order valence-electron chi connectivity index (χ0n) is 14.0. The molecule has 2 aromatic rings. The lowest BCUT2D eigenvalue weighted by molar-refractivity contribution is -0.169. The van der Waals surface area contributed by atoms with Crippen molar-refractivity contribution >= 4 is 17.6 Å².